The van der Waals surface area contributed by atoms with Gasteiger partial charge in [-0.25, -0.2) is 0 Å². The standard InChI is InChI=1S/C16H18Cl2N2O2/c1-11(22-13-7-5-6-12(17)14(13)18)15(21)20-16(10-19)8-3-2-4-9-16/h5-7,11H,2-4,8-9H2,1H3,(H,20,21)/t11-/m0/s1. The van der Waals surface area contributed by atoms with Gasteiger partial charge in [0.1, 0.15) is 16.3 Å². The molecule has 1 fully saturated rings. The lowest BCUT2D eigenvalue weighted by atomic mass is 9.83. The number of nitriles is 1. The number of nitrogens with one attached hydrogen (secondary N) is 1. The van der Waals surface area contributed by atoms with Crippen molar-refractivity contribution in [2.75, 3.05) is 0 Å². The minimum absolute atomic E-state index is 0.275. The van der Waals surface area contributed by atoms with Crippen LogP contribution in [0.4, 0.5) is 0 Å². The molecule has 0 heterocycles. The van der Waals surface area contributed by atoms with E-state index in [1.807, 2.05) is 0 Å². The zero-order valence-electron chi connectivity index (χ0n) is 12.4. The van der Waals surface area contributed by atoms with E-state index in [-0.39, 0.29) is 10.9 Å². The van der Waals surface area contributed by atoms with Crippen molar-refractivity contribution in [2.24, 2.45) is 0 Å². The number of nitrogens with zero attached hydrogens (tertiary/aromatic N) is 1. The Morgan fingerprint density at radius 1 is 1.36 bits per heavy atom. The molecule has 1 aliphatic carbocycles. The number of amides is 1. The number of benzene rings is 1. The van der Waals surface area contributed by atoms with Crippen molar-refractivity contribution in [2.45, 2.75) is 50.7 Å². The Labute approximate surface area is 140 Å². The first-order chi connectivity index (χ1) is 10.5. The minimum Gasteiger partial charge on any atom is -0.479 e. The average Bonchev–Trinajstić information content (AvgIpc) is 2.52. The van der Waals surface area contributed by atoms with Crippen molar-refractivity contribution < 1.29 is 9.53 Å². The maximum absolute atomic E-state index is 12.3. The molecule has 0 aliphatic heterocycles. The number of ether oxygens (including phenoxy) is 1. The lowest BCUT2D eigenvalue weighted by molar-refractivity contribution is -0.129. The highest BCUT2D eigenvalue weighted by Crippen LogP contribution is 2.32. The highest BCUT2D eigenvalue weighted by atomic mass is 35.5. The molecule has 0 radical (unpaired) electrons. The number of halogens is 2. The molecule has 6 heteroatoms. The largest absolute Gasteiger partial charge is 0.479 e. The SMILES string of the molecule is C[C@H](Oc1cccc(Cl)c1Cl)C(=O)NC1(C#N)CCCCC1. The van der Waals surface area contributed by atoms with Gasteiger partial charge in [-0.3, -0.25) is 4.79 Å². The zero-order valence-corrected chi connectivity index (χ0v) is 13.9. The molecule has 118 valence electrons. The predicted molar refractivity (Wildman–Crippen MR) is 86.1 cm³/mol. The van der Waals surface area contributed by atoms with E-state index in [1.165, 1.54) is 0 Å². The molecule has 0 spiro atoms. The van der Waals surface area contributed by atoms with Crippen molar-refractivity contribution in [1.82, 2.24) is 5.32 Å². The quantitative estimate of drug-likeness (QED) is 0.897. The van der Waals surface area contributed by atoms with Gasteiger partial charge in [-0.1, -0.05) is 48.5 Å². The van der Waals surface area contributed by atoms with Crippen LogP contribution in [0, 0.1) is 11.3 Å². The highest BCUT2D eigenvalue weighted by molar-refractivity contribution is 6.42. The molecule has 1 aromatic carbocycles. The molecule has 1 aromatic rings. The number of hydrogen-bond acceptors (Lipinski definition) is 3. The van der Waals surface area contributed by atoms with E-state index in [1.54, 1.807) is 25.1 Å². The number of carbonyl (C=O) groups is 1. The van der Waals surface area contributed by atoms with Gasteiger partial charge < -0.3 is 10.1 Å². The van der Waals surface area contributed by atoms with Crippen molar-refractivity contribution in [3.63, 3.8) is 0 Å². The van der Waals surface area contributed by atoms with Crippen molar-refractivity contribution in [3.8, 4) is 11.8 Å². The molecule has 22 heavy (non-hydrogen) atoms. The first kappa shape index (κ1) is 16.9. The predicted octanol–water partition coefficient (Wildman–Crippen LogP) is 4.10. The maximum Gasteiger partial charge on any atom is 0.262 e. The number of hydrogen-bond donors (Lipinski definition) is 1. The summed E-state index contributed by atoms with van der Waals surface area (Å²) in [6.45, 7) is 1.63. The average molecular weight is 341 g/mol. The summed E-state index contributed by atoms with van der Waals surface area (Å²) in [4.78, 5) is 12.3. The summed E-state index contributed by atoms with van der Waals surface area (Å²) in [7, 11) is 0. The van der Waals surface area contributed by atoms with Crippen LogP contribution in [0.25, 0.3) is 0 Å². The van der Waals surface area contributed by atoms with Gasteiger partial charge in [-0.05, 0) is 31.9 Å². The van der Waals surface area contributed by atoms with Crippen LogP contribution < -0.4 is 10.1 Å². The van der Waals surface area contributed by atoms with E-state index in [2.05, 4.69) is 11.4 Å². The van der Waals surface area contributed by atoms with Crippen LogP contribution in [0.2, 0.25) is 10.0 Å². The Balaban J connectivity index is 2.03. The molecule has 4 nitrogen and oxygen atoms in total. The van der Waals surface area contributed by atoms with Crippen LogP contribution in [-0.4, -0.2) is 17.6 Å². The van der Waals surface area contributed by atoms with Crippen LogP contribution in [0.3, 0.4) is 0 Å². The number of rotatable bonds is 4. The molecular formula is C16H18Cl2N2O2. The van der Waals surface area contributed by atoms with Crippen LogP contribution in [0.15, 0.2) is 18.2 Å². The topological polar surface area (TPSA) is 62.1 Å². The van der Waals surface area contributed by atoms with Crippen LogP contribution in [-0.2, 0) is 4.79 Å². The minimum atomic E-state index is -0.773. The van der Waals surface area contributed by atoms with E-state index in [4.69, 9.17) is 27.9 Å². The second-order valence-electron chi connectivity index (χ2n) is 5.56. The van der Waals surface area contributed by atoms with Gasteiger partial charge in [0.25, 0.3) is 5.91 Å². The van der Waals surface area contributed by atoms with E-state index < -0.39 is 11.6 Å². The first-order valence-corrected chi connectivity index (χ1v) is 8.07. The summed E-state index contributed by atoms with van der Waals surface area (Å²) >= 11 is 12.0. The third-order valence-corrected chi connectivity index (χ3v) is 4.67. The van der Waals surface area contributed by atoms with Gasteiger partial charge in [-0.2, -0.15) is 5.26 Å². The molecule has 1 aliphatic rings. The Bertz CT molecular complexity index is 592. The molecule has 1 amide bonds. The normalized spacial score (nSPS) is 18.1. The van der Waals surface area contributed by atoms with Gasteiger partial charge in [0.15, 0.2) is 6.10 Å². The maximum atomic E-state index is 12.3. The molecular weight excluding hydrogens is 323 g/mol. The Morgan fingerprint density at radius 2 is 2.05 bits per heavy atom. The Kier molecular flexibility index (Phi) is 5.55. The molecule has 1 N–H and O–H groups in total. The van der Waals surface area contributed by atoms with Gasteiger partial charge in [-0.15, -0.1) is 0 Å². The van der Waals surface area contributed by atoms with E-state index in [9.17, 15) is 10.1 Å². The summed E-state index contributed by atoms with van der Waals surface area (Å²) < 4.78 is 5.58. The fourth-order valence-electron chi connectivity index (χ4n) is 2.58. The van der Waals surface area contributed by atoms with Crippen molar-refractivity contribution in [1.29, 1.82) is 5.26 Å². The lowest BCUT2D eigenvalue weighted by Crippen LogP contribution is -2.52. The molecule has 2 rings (SSSR count). The van der Waals surface area contributed by atoms with Crippen LogP contribution >= 0.6 is 23.2 Å². The second-order valence-corrected chi connectivity index (χ2v) is 6.34. The third kappa shape index (κ3) is 3.85. The van der Waals surface area contributed by atoms with Gasteiger partial charge >= 0.3 is 0 Å². The van der Waals surface area contributed by atoms with E-state index in [0.29, 0.717) is 23.6 Å². The van der Waals surface area contributed by atoms with E-state index in [0.717, 1.165) is 19.3 Å². The molecule has 1 saturated carbocycles. The second kappa shape index (κ2) is 7.21. The Morgan fingerprint density at radius 3 is 2.68 bits per heavy atom. The summed E-state index contributed by atoms with van der Waals surface area (Å²) in [6, 6.07) is 7.25. The monoisotopic (exact) mass is 340 g/mol. The van der Waals surface area contributed by atoms with Gasteiger partial charge in [0, 0.05) is 0 Å². The fourth-order valence-corrected chi connectivity index (χ4v) is 2.91. The van der Waals surface area contributed by atoms with E-state index >= 15 is 0 Å². The zero-order chi connectivity index (χ0) is 16.2. The summed E-state index contributed by atoms with van der Waals surface area (Å²) in [6.07, 6.45) is 3.60. The van der Waals surface area contributed by atoms with Gasteiger partial charge in [0.2, 0.25) is 0 Å². The summed E-state index contributed by atoms with van der Waals surface area (Å²) in [5, 5.41) is 12.9. The van der Waals surface area contributed by atoms with Crippen molar-refractivity contribution in [3.05, 3.63) is 28.2 Å². The van der Waals surface area contributed by atoms with Gasteiger partial charge in [0.05, 0.1) is 11.1 Å². The third-order valence-electron chi connectivity index (χ3n) is 3.87. The fraction of sp³-hybridized carbons (Fsp3) is 0.500. The summed E-state index contributed by atoms with van der Waals surface area (Å²) in [5.41, 5.74) is -0.773. The van der Waals surface area contributed by atoms with Crippen LogP contribution in [0.5, 0.6) is 5.75 Å². The molecule has 0 saturated heterocycles. The molecule has 1 atom stereocenters. The number of carbonyl (C=O) groups excluding carboxylic acids is 1. The Hall–Kier alpha value is -1.44. The summed E-state index contributed by atoms with van der Waals surface area (Å²) in [5.74, 6) is 0.0333. The van der Waals surface area contributed by atoms with Crippen LogP contribution in [0.1, 0.15) is 39.0 Å². The smallest absolute Gasteiger partial charge is 0.262 e. The molecule has 0 aromatic heterocycles. The lowest BCUT2D eigenvalue weighted by Gasteiger charge is -2.32. The molecule has 0 bridgehead atoms. The highest BCUT2D eigenvalue weighted by Gasteiger charge is 2.35. The van der Waals surface area contributed by atoms with Crippen molar-refractivity contribution >= 4 is 29.1 Å². The first-order valence-electron chi connectivity index (χ1n) is 7.31. The molecule has 0 unspecified atom stereocenters.